The van der Waals surface area contributed by atoms with Crippen LogP contribution >= 0.6 is 0 Å². The van der Waals surface area contributed by atoms with Gasteiger partial charge in [0.1, 0.15) is 0 Å². The normalized spacial score (nSPS) is 16.3. The predicted molar refractivity (Wildman–Crippen MR) is 78.7 cm³/mol. The van der Waals surface area contributed by atoms with Crippen molar-refractivity contribution >= 4 is 15.7 Å². The molecule has 0 amide bonds. The van der Waals surface area contributed by atoms with Crippen molar-refractivity contribution in [3.8, 4) is 0 Å². The molecule has 0 radical (unpaired) electrons. The number of hydrogen-bond donors (Lipinski definition) is 1. The van der Waals surface area contributed by atoms with Crippen LogP contribution in [0.25, 0.3) is 0 Å². The maximum absolute atomic E-state index is 12.5. The third kappa shape index (κ3) is 3.48. The Kier molecular flexibility index (Phi) is 4.47. The fourth-order valence-corrected chi connectivity index (χ4v) is 4.05. The van der Waals surface area contributed by atoms with Gasteiger partial charge in [-0.2, -0.15) is 0 Å². The average Bonchev–Trinajstić information content (AvgIpc) is 2.59. The van der Waals surface area contributed by atoms with E-state index in [2.05, 4.69) is 5.32 Å². The van der Waals surface area contributed by atoms with Crippen molar-refractivity contribution in [3.63, 3.8) is 0 Å². The van der Waals surface area contributed by atoms with Gasteiger partial charge in [0.25, 0.3) is 0 Å². The summed E-state index contributed by atoms with van der Waals surface area (Å²) in [5.41, 5.74) is 1.88. The molecule has 0 atom stereocenters. The summed E-state index contributed by atoms with van der Waals surface area (Å²) in [6.07, 6.45) is 0.703. The molecule has 2 rings (SSSR count). The summed E-state index contributed by atoms with van der Waals surface area (Å²) < 4.78 is 26.6. The standard InChI is InChI=1S/C14H22N2O2S/c1-12(2)7-10-19(17,18)16-9-8-15-11-13-5-3-4-6-14(13)16/h3-6,12,15H,7-11H2,1-2H3. The van der Waals surface area contributed by atoms with E-state index in [4.69, 9.17) is 0 Å². The molecule has 1 aromatic rings. The summed E-state index contributed by atoms with van der Waals surface area (Å²) in [5, 5.41) is 3.26. The van der Waals surface area contributed by atoms with Crippen LogP contribution in [0.4, 0.5) is 5.69 Å². The van der Waals surface area contributed by atoms with Crippen LogP contribution < -0.4 is 9.62 Å². The highest BCUT2D eigenvalue weighted by atomic mass is 32.2. The van der Waals surface area contributed by atoms with E-state index < -0.39 is 10.0 Å². The molecule has 1 aliphatic heterocycles. The molecule has 4 nitrogen and oxygen atoms in total. The van der Waals surface area contributed by atoms with Crippen LogP contribution in [0.15, 0.2) is 24.3 Å². The van der Waals surface area contributed by atoms with Gasteiger partial charge in [-0.05, 0) is 24.0 Å². The lowest BCUT2D eigenvalue weighted by molar-refractivity contribution is 0.568. The average molecular weight is 282 g/mol. The molecule has 0 aromatic heterocycles. The minimum Gasteiger partial charge on any atom is -0.311 e. The van der Waals surface area contributed by atoms with E-state index in [9.17, 15) is 8.42 Å². The smallest absolute Gasteiger partial charge is 0.235 e. The summed E-state index contributed by atoms with van der Waals surface area (Å²) >= 11 is 0. The lowest BCUT2D eigenvalue weighted by Crippen LogP contribution is -2.36. The zero-order valence-electron chi connectivity index (χ0n) is 11.6. The van der Waals surface area contributed by atoms with Crippen LogP contribution in [-0.2, 0) is 16.6 Å². The van der Waals surface area contributed by atoms with Crippen LogP contribution in [-0.4, -0.2) is 27.3 Å². The molecule has 5 heteroatoms. The molecule has 0 fully saturated rings. The Morgan fingerprint density at radius 3 is 2.79 bits per heavy atom. The number of sulfonamides is 1. The van der Waals surface area contributed by atoms with Crippen LogP contribution in [0.3, 0.4) is 0 Å². The first-order chi connectivity index (χ1) is 9.00. The van der Waals surface area contributed by atoms with Crippen molar-refractivity contribution in [1.82, 2.24) is 5.32 Å². The Hall–Kier alpha value is -1.07. The maximum atomic E-state index is 12.5. The fraction of sp³-hybridized carbons (Fsp3) is 0.571. The second-order valence-electron chi connectivity index (χ2n) is 5.38. The van der Waals surface area contributed by atoms with Gasteiger partial charge in [0.05, 0.1) is 11.4 Å². The number of nitrogens with zero attached hydrogens (tertiary/aromatic N) is 1. The number of anilines is 1. The van der Waals surface area contributed by atoms with Gasteiger partial charge in [-0.1, -0.05) is 32.0 Å². The van der Waals surface area contributed by atoms with E-state index in [1.54, 1.807) is 4.31 Å². The van der Waals surface area contributed by atoms with Crippen molar-refractivity contribution in [2.45, 2.75) is 26.8 Å². The molecule has 0 saturated heterocycles. The Morgan fingerprint density at radius 2 is 2.05 bits per heavy atom. The fourth-order valence-electron chi connectivity index (χ4n) is 2.21. The number of para-hydroxylation sites is 1. The number of fused-ring (bicyclic) bond motifs is 1. The van der Waals surface area contributed by atoms with Crippen molar-refractivity contribution < 1.29 is 8.42 Å². The SMILES string of the molecule is CC(C)CCS(=O)(=O)N1CCNCc2ccccc21. The van der Waals surface area contributed by atoms with Crippen LogP contribution in [0.1, 0.15) is 25.8 Å². The van der Waals surface area contributed by atoms with Gasteiger partial charge in [-0.15, -0.1) is 0 Å². The van der Waals surface area contributed by atoms with Crippen molar-refractivity contribution in [2.75, 3.05) is 23.1 Å². The molecule has 106 valence electrons. The molecular weight excluding hydrogens is 260 g/mol. The Bertz CT molecular complexity index is 526. The Labute approximate surface area is 115 Å². The third-order valence-corrected chi connectivity index (χ3v) is 5.16. The number of benzene rings is 1. The Balaban J connectivity index is 2.28. The van der Waals surface area contributed by atoms with Crippen molar-refractivity contribution in [2.24, 2.45) is 5.92 Å². The van der Waals surface area contributed by atoms with E-state index >= 15 is 0 Å². The summed E-state index contributed by atoms with van der Waals surface area (Å²) in [6.45, 7) is 6.03. The largest absolute Gasteiger partial charge is 0.311 e. The van der Waals surface area contributed by atoms with E-state index in [-0.39, 0.29) is 5.75 Å². The predicted octanol–water partition coefficient (Wildman–Crippen LogP) is 1.97. The van der Waals surface area contributed by atoms with Gasteiger partial charge in [-0.25, -0.2) is 8.42 Å². The molecule has 1 N–H and O–H groups in total. The highest BCUT2D eigenvalue weighted by molar-refractivity contribution is 7.92. The van der Waals surface area contributed by atoms with E-state index in [0.29, 0.717) is 25.4 Å². The minimum atomic E-state index is -3.22. The molecule has 1 heterocycles. The summed E-state index contributed by atoms with van der Waals surface area (Å²) in [5.74, 6) is 0.619. The van der Waals surface area contributed by atoms with E-state index in [0.717, 1.165) is 17.8 Å². The molecule has 1 aromatic carbocycles. The van der Waals surface area contributed by atoms with Gasteiger partial charge >= 0.3 is 0 Å². The maximum Gasteiger partial charge on any atom is 0.235 e. The van der Waals surface area contributed by atoms with Gasteiger partial charge in [0.2, 0.25) is 10.0 Å². The Morgan fingerprint density at radius 1 is 1.32 bits per heavy atom. The highest BCUT2D eigenvalue weighted by Crippen LogP contribution is 2.25. The first-order valence-electron chi connectivity index (χ1n) is 6.80. The topological polar surface area (TPSA) is 49.4 Å². The number of hydrogen-bond acceptors (Lipinski definition) is 3. The lowest BCUT2D eigenvalue weighted by Gasteiger charge is -2.24. The quantitative estimate of drug-likeness (QED) is 0.918. The molecule has 0 bridgehead atoms. The minimum absolute atomic E-state index is 0.221. The van der Waals surface area contributed by atoms with Crippen LogP contribution in [0, 0.1) is 5.92 Å². The summed E-state index contributed by atoms with van der Waals surface area (Å²) in [4.78, 5) is 0. The molecule has 0 aliphatic carbocycles. The molecule has 0 spiro atoms. The van der Waals surface area contributed by atoms with Gasteiger partial charge in [0, 0.05) is 19.6 Å². The third-order valence-electron chi connectivity index (χ3n) is 3.36. The molecule has 0 unspecified atom stereocenters. The second kappa shape index (κ2) is 5.92. The zero-order chi connectivity index (χ0) is 13.9. The summed E-state index contributed by atoms with van der Waals surface area (Å²) in [6, 6.07) is 7.73. The van der Waals surface area contributed by atoms with Gasteiger partial charge < -0.3 is 5.32 Å². The molecule has 19 heavy (non-hydrogen) atoms. The molecule has 1 aliphatic rings. The highest BCUT2D eigenvalue weighted by Gasteiger charge is 2.25. The number of rotatable bonds is 4. The second-order valence-corrected chi connectivity index (χ2v) is 7.39. The van der Waals surface area contributed by atoms with E-state index in [1.165, 1.54) is 0 Å². The first-order valence-corrected chi connectivity index (χ1v) is 8.40. The monoisotopic (exact) mass is 282 g/mol. The van der Waals surface area contributed by atoms with Crippen molar-refractivity contribution in [3.05, 3.63) is 29.8 Å². The van der Waals surface area contributed by atoms with Gasteiger partial charge in [0.15, 0.2) is 0 Å². The van der Waals surface area contributed by atoms with Crippen LogP contribution in [0.2, 0.25) is 0 Å². The van der Waals surface area contributed by atoms with Gasteiger partial charge in [-0.3, -0.25) is 4.31 Å². The van der Waals surface area contributed by atoms with Crippen molar-refractivity contribution in [1.29, 1.82) is 0 Å². The van der Waals surface area contributed by atoms with E-state index in [1.807, 2.05) is 38.1 Å². The summed E-state index contributed by atoms with van der Waals surface area (Å²) in [7, 11) is -3.22. The number of nitrogens with one attached hydrogen (secondary N) is 1. The first kappa shape index (κ1) is 14.3. The van der Waals surface area contributed by atoms with Crippen LogP contribution in [0.5, 0.6) is 0 Å². The molecular formula is C14H22N2O2S. The zero-order valence-corrected chi connectivity index (χ0v) is 12.4. The lowest BCUT2D eigenvalue weighted by atomic mass is 10.2. The molecule has 0 saturated carbocycles.